The van der Waals surface area contributed by atoms with Gasteiger partial charge in [0.15, 0.2) is 0 Å². The van der Waals surface area contributed by atoms with Crippen molar-refractivity contribution in [2.45, 2.75) is 65.2 Å². The molecule has 2 heteroatoms. The second-order valence-electron chi connectivity index (χ2n) is 16.7. The number of fused-ring (bicyclic) bond motifs is 8. The van der Waals surface area contributed by atoms with Crippen LogP contribution >= 0.6 is 11.3 Å². The lowest BCUT2D eigenvalue weighted by molar-refractivity contribution is 0.362. The van der Waals surface area contributed by atoms with Crippen molar-refractivity contribution in [1.82, 2.24) is 4.57 Å². The van der Waals surface area contributed by atoms with Crippen LogP contribution in [0.3, 0.4) is 0 Å². The summed E-state index contributed by atoms with van der Waals surface area (Å²) < 4.78 is 5.13. The number of benzene rings is 6. The second-order valence-corrected chi connectivity index (χ2v) is 17.7. The lowest BCUT2D eigenvalue weighted by Crippen LogP contribution is -2.14. The summed E-state index contributed by atoms with van der Waals surface area (Å²) in [7, 11) is 0. The average Bonchev–Trinajstić information content (AvgIpc) is 3.76. The molecular weight excluding hydrogens is 719 g/mol. The Morgan fingerprint density at radius 1 is 0.707 bits per heavy atom. The molecule has 10 rings (SSSR count). The summed E-state index contributed by atoms with van der Waals surface area (Å²) in [6.07, 6.45) is 23.8. The first-order valence-electron chi connectivity index (χ1n) is 21.5. The standard InChI is InChI=1S/C56H51NS/c1-3-4-15-38(2)16-5-6-19-40-20-7-8-22-45(40)42-29-32-55-51(36-42)52-37-44(30-33-56(52)58-55)57-53-27-12-11-25-49(53)50-35-43(28-31-54(50)57)46-23-9-10-24-48(46)47-26-14-18-39-17-13-21-41(47)34-39/h5-12,14,16,18,20,22-33,35-37,39,41H,3-4,13,15,17,19,21,34H2,1-2H3/b6-5-,38-16+. The molecule has 0 spiro atoms. The number of thiophene rings is 1. The van der Waals surface area contributed by atoms with Gasteiger partial charge in [0.2, 0.25) is 0 Å². The van der Waals surface area contributed by atoms with Gasteiger partial charge in [0.1, 0.15) is 0 Å². The Labute approximate surface area is 347 Å². The minimum absolute atomic E-state index is 0.628. The number of rotatable bonds is 10. The van der Waals surface area contributed by atoms with Gasteiger partial charge in [0.25, 0.3) is 0 Å². The maximum Gasteiger partial charge on any atom is 0.0541 e. The van der Waals surface area contributed by atoms with Crippen LogP contribution < -0.4 is 0 Å². The number of para-hydroxylation sites is 1. The van der Waals surface area contributed by atoms with Crippen molar-refractivity contribution in [3.63, 3.8) is 0 Å². The molecule has 0 aliphatic heterocycles. The van der Waals surface area contributed by atoms with Crippen molar-refractivity contribution in [3.05, 3.63) is 181 Å². The van der Waals surface area contributed by atoms with Gasteiger partial charge in [-0.05, 0) is 145 Å². The predicted octanol–water partition coefficient (Wildman–Crippen LogP) is 16.5. The summed E-state index contributed by atoms with van der Waals surface area (Å²) in [5.41, 5.74) is 14.6. The highest BCUT2D eigenvalue weighted by molar-refractivity contribution is 7.25. The van der Waals surface area contributed by atoms with E-state index in [0.717, 1.165) is 12.3 Å². The summed E-state index contributed by atoms with van der Waals surface area (Å²) in [5, 5.41) is 5.23. The molecule has 286 valence electrons. The van der Waals surface area contributed by atoms with Gasteiger partial charge in [0, 0.05) is 36.6 Å². The first-order chi connectivity index (χ1) is 28.6. The Morgan fingerprint density at radius 3 is 2.33 bits per heavy atom. The van der Waals surface area contributed by atoms with E-state index >= 15 is 0 Å². The largest absolute Gasteiger partial charge is 0.309 e. The van der Waals surface area contributed by atoms with E-state index in [1.54, 1.807) is 0 Å². The van der Waals surface area contributed by atoms with Crippen LogP contribution in [0.25, 0.3) is 75.5 Å². The van der Waals surface area contributed by atoms with Crippen LogP contribution in [0.1, 0.15) is 69.9 Å². The number of aromatic nitrogens is 1. The van der Waals surface area contributed by atoms with Crippen LogP contribution in [0.5, 0.6) is 0 Å². The van der Waals surface area contributed by atoms with Gasteiger partial charge in [-0.3, -0.25) is 0 Å². The zero-order chi connectivity index (χ0) is 39.0. The molecule has 0 amide bonds. The third-order valence-corrected chi connectivity index (χ3v) is 14.0. The van der Waals surface area contributed by atoms with Crippen molar-refractivity contribution < 1.29 is 0 Å². The van der Waals surface area contributed by atoms with Gasteiger partial charge in [-0.25, -0.2) is 0 Å². The monoisotopic (exact) mass is 769 g/mol. The Balaban J connectivity index is 1.03. The van der Waals surface area contributed by atoms with Crippen molar-refractivity contribution in [2.75, 3.05) is 0 Å². The van der Waals surface area contributed by atoms with Crippen LogP contribution in [-0.2, 0) is 6.42 Å². The fourth-order valence-electron chi connectivity index (χ4n) is 9.87. The lowest BCUT2D eigenvalue weighted by atomic mass is 9.76. The van der Waals surface area contributed by atoms with E-state index in [4.69, 9.17) is 0 Å². The molecule has 2 aliphatic carbocycles. The summed E-state index contributed by atoms with van der Waals surface area (Å²) in [6, 6.07) is 48.3. The van der Waals surface area contributed by atoms with E-state index in [9.17, 15) is 0 Å². The predicted molar refractivity (Wildman–Crippen MR) is 253 cm³/mol. The second kappa shape index (κ2) is 15.9. The number of hydrogen-bond donors (Lipinski definition) is 0. The number of nitrogens with zero attached hydrogens (tertiary/aromatic N) is 1. The average molecular weight is 770 g/mol. The first kappa shape index (κ1) is 36.6. The molecule has 0 radical (unpaired) electrons. The lowest BCUT2D eigenvalue weighted by Gasteiger charge is -2.29. The van der Waals surface area contributed by atoms with Crippen LogP contribution in [0.2, 0.25) is 0 Å². The quantitative estimate of drug-likeness (QED) is 0.122. The summed E-state index contributed by atoms with van der Waals surface area (Å²) in [4.78, 5) is 0. The van der Waals surface area contributed by atoms with Gasteiger partial charge in [0.05, 0.1) is 11.0 Å². The van der Waals surface area contributed by atoms with Crippen LogP contribution in [0.4, 0.5) is 0 Å². The smallest absolute Gasteiger partial charge is 0.0541 e. The molecule has 1 saturated carbocycles. The highest BCUT2D eigenvalue weighted by Crippen LogP contribution is 2.45. The molecular formula is C56H51NS. The van der Waals surface area contributed by atoms with E-state index in [1.165, 1.54) is 137 Å². The Morgan fingerprint density at radius 2 is 1.43 bits per heavy atom. The number of unbranched alkanes of at least 4 members (excludes halogenated alkanes) is 1. The van der Waals surface area contributed by atoms with Crippen molar-refractivity contribution in [3.8, 4) is 27.9 Å². The van der Waals surface area contributed by atoms with Crippen molar-refractivity contribution in [1.29, 1.82) is 0 Å². The molecule has 2 atom stereocenters. The normalized spacial score (nSPS) is 17.2. The SMILES string of the molecule is CCCC/C(C)=C/C=C\Cc1ccccc1-c1ccc2sc3ccc(-n4c5ccccc5c5cc(-c6ccccc6C6=CC=CC7CCCC6C7)ccc54)cc3c2c1. The van der Waals surface area contributed by atoms with Crippen LogP contribution in [0.15, 0.2) is 169 Å². The summed E-state index contributed by atoms with van der Waals surface area (Å²) in [5.74, 6) is 1.35. The fourth-order valence-corrected chi connectivity index (χ4v) is 10.9. The first-order valence-corrected chi connectivity index (χ1v) is 22.3. The summed E-state index contributed by atoms with van der Waals surface area (Å²) in [6.45, 7) is 4.50. The Hall–Kier alpha value is -5.70. The molecule has 8 aromatic rings. The zero-order valence-electron chi connectivity index (χ0n) is 33.8. The summed E-state index contributed by atoms with van der Waals surface area (Å²) >= 11 is 1.89. The van der Waals surface area contributed by atoms with Crippen LogP contribution in [-0.4, -0.2) is 4.57 Å². The third-order valence-electron chi connectivity index (χ3n) is 12.9. The van der Waals surface area contributed by atoms with E-state index in [0.29, 0.717) is 5.92 Å². The molecule has 2 aromatic heterocycles. The molecule has 58 heavy (non-hydrogen) atoms. The van der Waals surface area contributed by atoms with Gasteiger partial charge >= 0.3 is 0 Å². The van der Waals surface area contributed by atoms with E-state index in [2.05, 4.69) is 182 Å². The van der Waals surface area contributed by atoms with E-state index in [1.807, 2.05) is 11.3 Å². The van der Waals surface area contributed by atoms with Crippen molar-refractivity contribution >= 4 is 58.9 Å². The molecule has 0 saturated heterocycles. The number of hydrogen-bond acceptors (Lipinski definition) is 1. The van der Waals surface area contributed by atoms with Gasteiger partial charge < -0.3 is 4.57 Å². The maximum absolute atomic E-state index is 2.48. The van der Waals surface area contributed by atoms with Gasteiger partial charge in [-0.2, -0.15) is 0 Å². The minimum Gasteiger partial charge on any atom is -0.309 e. The topological polar surface area (TPSA) is 4.93 Å². The Kier molecular flexibility index (Phi) is 10.1. The molecule has 0 N–H and O–H groups in total. The third kappa shape index (κ3) is 6.88. The molecule has 1 fully saturated rings. The van der Waals surface area contributed by atoms with Gasteiger partial charge in [-0.1, -0.05) is 141 Å². The molecule has 2 bridgehead atoms. The molecule has 2 unspecified atom stereocenters. The maximum atomic E-state index is 2.48. The molecule has 1 nitrogen and oxygen atoms in total. The molecule has 2 aliphatic rings. The zero-order valence-corrected chi connectivity index (χ0v) is 34.6. The minimum atomic E-state index is 0.628. The molecule has 2 heterocycles. The van der Waals surface area contributed by atoms with Crippen molar-refractivity contribution in [2.24, 2.45) is 11.8 Å². The van der Waals surface area contributed by atoms with Gasteiger partial charge in [-0.15, -0.1) is 11.3 Å². The van der Waals surface area contributed by atoms with Crippen LogP contribution in [0, 0.1) is 11.8 Å². The van der Waals surface area contributed by atoms with E-state index < -0.39 is 0 Å². The fraction of sp³-hybridized carbons (Fsp3) is 0.214. The van der Waals surface area contributed by atoms with E-state index in [-0.39, 0.29) is 0 Å². The highest BCUT2D eigenvalue weighted by atomic mass is 32.1. The molecule has 6 aromatic carbocycles. The number of allylic oxidation sites excluding steroid dienone is 8. The Bertz CT molecular complexity index is 2940. The highest BCUT2D eigenvalue weighted by Gasteiger charge is 2.27.